The molecule has 1 aliphatic rings. The van der Waals surface area contributed by atoms with Gasteiger partial charge in [0.2, 0.25) is 0 Å². The van der Waals surface area contributed by atoms with Crippen LogP contribution >= 0.6 is 0 Å². The third-order valence-corrected chi connectivity index (χ3v) is 4.56. The van der Waals surface area contributed by atoms with E-state index in [9.17, 15) is 0 Å². The van der Waals surface area contributed by atoms with Gasteiger partial charge in [0.1, 0.15) is 12.1 Å². The van der Waals surface area contributed by atoms with Crippen molar-refractivity contribution in [3.63, 3.8) is 0 Å². The van der Waals surface area contributed by atoms with E-state index in [4.69, 9.17) is 10.8 Å². The third-order valence-electron chi connectivity index (χ3n) is 4.56. The van der Waals surface area contributed by atoms with E-state index < -0.39 is 0 Å². The van der Waals surface area contributed by atoms with Gasteiger partial charge in [-0.25, -0.2) is 14.6 Å². The number of hydrogen-bond donors (Lipinski definition) is 1. The van der Waals surface area contributed by atoms with Gasteiger partial charge in [-0.05, 0) is 43.4 Å². The van der Waals surface area contributed by atoms with Crippen molar-refractivity contribution in [3.8, 4) is 0 Å². The zero-order valence-corrected chi connectivity index (χ0v) is 12.9. The summed E-state index contributed by atoms with van der Waals surface area (Å²) in [4.78, 5) is 8.57. The summed E-state index contributed by atoms with van der Waals surface area (Å²) in [5.74, 6) is 0.525. The summed E-state index contributed by atoms with van der Waals surface area (Å²) in [5.41, 5.74) is 11.9. The summed E-state index contributed by atoms with van der Waals surface area (Å²) in [6.45, 7) is 4.29. The van der Waals surface area contributed by atoms with Crippen LogP contribution in [0.3, 0.4) is 0 Å². The standard InChI is InChI=1S/C17H19N5/c1-10-4-3-5-12(11(10)2)8-14-15-16(18)19-9-20-17(15)22(21-14)13-6-7-13/h3-5,9,13H,6-8H2,1-2H3,(H2,18,19,20). The van der Waals surface area contributed by atoms with Gasteiger partial charge < -0.3 is 5.73 Å². The van der Waals surface area contributed by atoms with Gasteiger partial charge in [-0.1, -0.05) is 18.2 Å². The zero-order valence-electron chi connectivity index (χ0n) is 12.9. The van der Waals surface area contributed by atoms with Crippen LogP contribution < -0.4 is 5.73 Å². The Bertz CT molecular complexity index is 861. The quantitative estimate of drug-likeness (QED) is 0.806. The molecule has 5 heteroatoms. The van der Waals surface area contributed by atoms with Crippen molar-refractivity contribution in [2.24, 2.45) is 0 Å². The van der Waals surface area contributed by atoms with Crippen LogP contribution in [-0.4, -0.2) is 19.7 Å². The van der Waals surface area contributed by atoms with Crippen molar-refractivity contribution in [1.82, 2.24) is 19.7 Å². The van der Waals surface area contributed by atoms with Gasteiger partial charge in [-0.2, -0.15) is 5.10 Å². The summed E-state index contributed by atoms with van der Waals surface area (Å²) in [7, 11) is 0. The molecule has 2 aromatic heterocycles. The van der Waals surface area contributed by atoms with E-state index in [1.807, 2.05) is 4.68 Å². The number of aromatic nitrogens is 4. The maximum Gasteiger partial charge on any atom is 0.163 e. The molecule has 1 aromatic carbocycles. The minimum Gasteiger partial charge on any atom is -0.383 e. The van der Waals surface area contributed by atoms with Gasteiger partial charge in [0.05, 0.1) is 17.1 Å². The van der Waals surface area contributed by atoms with Crippen LogP contribution in [0.15, 0.2) is 24.5 Å². The molecule has 2 N–H and O–H groups in total. The van der Waals surface area contributed by atoms with E-state index in [1.165, 1.54) is 35.9 Å². The SMILES string of the molecule is Cc1cccc(Cc2nn(C3CC3)c3ncnc(N)c23)c1C. The first-order valence-electron chi connectivity index (χ1n) is 7.68. The van der Waals surface area contributed by atoms with Crippen LogP contribution in [0.25, 0.3) is 11.0 Å². The first kappa shape index (κ1) is 13.2. The van der Waals surface area contributed by atoms with Gasteiger partial charge in [0, 0.05) is 6.42 Å². The fraction of sp³-hybridized carbons (Fsp3) is 0.353. The van der Waals surface area contributed by atoms with E-state index in [-0.39, 0.29) is 0 Å². The van der Waals surface area contributed by atoms with Crippen molar-refractivity contribution in [3.05, 3.63) is 46.9 Å². The number of fused-ring (bicyclic) bond motifs is 1. The molecule has 2 heterocycles. The minimum absolute atomic E-state index is 0.476. The summed E-state index contributed by atoms with van der Waals surface area (Å²) >= 11 is 0. The molecule has 112 valence electrons. The highest BCUT2D eigenvalue weighted by Crippen LogP contribution is 2.38. The lowest BCUT2D eigenvalue weighted by atomic mass is 9.99. The summed E-state index contributed by atoms with van der Waals surface area (Å²) in [6, 6.07) is 6.86. The molecule has 0 spiro atoms. The first-order chi connectivity index (χ1) is 10.6. The average molecular weight is 293 g/mol. The Balaban J connectivity index is 1.86. The fourth-order valence-corrected chi connectivity index (χ4v) is 2.95. The van der Waals surface area contributed by atoms with Gasteiger partial charge in [0.25, 0.3) is 0 Å². The number of anilines is 1. The van der Waals surface area contributed by atoms with Gasteiger partial charge in [0.15, 0.2) is 5.65 Å². The smallest absolute Gasteiger partial charge is 0.163 e. The van der Waals surface area contributed by atoms with Crippen molar-refractivity contribution in [1.29, 1.82) is 0 Å². The Hall–Kier alpha value is -2.43. The molecule has 0 atom stereocenters. The summed E-state index contributed by atoms with van der Waals surface area (Å²) in [5, 5.41) is 5.72. The first-order valence-corrected chi connectivity index (χ1v) is 7.68. The summed E-state index contributed by atoms with van der Waals surface area (Å²) < 4.78 is 2.04. The summed E-state index contributed by atoms with van der Waals surface area (Å²) in [6.07, 6.45) is 4.63. The topological polar surface area (TPSA) is 69.6 Å². The molecule has 0 radical (unpaired) electrons. The molecule has 0 unspecified atom stereocenters. The van der Waals surface area contributed by atoms with Crippen LogP contribution in [0.2, 0.25) is 0 Å². The zero-order chi connectivity index (χ0) is 15.3. The highest BCUT2D eigenvalue weighted by atomic mass is 15.3. The number of hydrogen-bond acceptors (Lipinski definition) is 4. The number of aryl methyl sites for hydroxylation is 1. The second-order valence-corrected chi connectivity index (χ2v) is 6.12. The number of nitrogens with two attached hydrogens (primary N) is 1. The lowest BCUT2D eigenvalue weighted by Crippen LogP contribution is -1.99. The monoisotopic (exact) mass is 293 g/mol. The highest BCUT2D eigenvalue weighted by molar-refractivity contribution is 5.88. The average Bonchev–Trinajstić information content (AvgIpc) is 3.27. The maximum atomic E-state index is 6.11. The Morgan fingerprint density at radius 2 is 2.05 bits per heavy atom. The molecule has 0 bridgehead atoms. The fourth-order valence-electron chi connectivity index (χ4n) is 2.95. The molecule has 0 saturated heterocycles. The van der Waals surface area contributed by atoms with Crippen molar-refractivity contribution in [2.45, 2.75) is 39.2 Å². The Morgan fingerprint density at radius 3 is 2.82 bits per heavy atom. The second kappa shape index (κ2) is 4.80. The molecular weight excluding hydrogens is 274 g/mol. The molecule has 1 saturated carbocycles. The third kappa shape index (κ3) is 2.04. The van der Waals surface area contributed by atoms with E-state index in [1.54, 1.807) is 0 Å². The highest BCUT2D eigenvalue weighted by Gasteiger charge is 2.29. The molecule has 3 aromatic rings. The number of benzene rings is 1. The predicted molar refractivity (Wildman–Crippen MR) is 86.7 cm³/mol. The lowest BCUT2D eigenvalue weighted by molar-refractivity contribution is 0.647. The minimum atomic E-state index is 0.476. The van der Waals surface area contributed by atoms with Crippen LogP contribution in [0.4, 0.5) is 5.82 Å². The van der Waals surface area contributed by atoms with Gasteiger partial charge in [-0.3, -0.25) is 0 Å². The normalized spacial score (nSPS) is 14.6. The Labute approximate surface area is 129 Å². The van der Waals surface area contributed by atoms with Gasteiger partial charge in [-0.15, -0.1) is 0 Å². The van der Waals surface area contributed by atoms with Crippen LogP contribution in [0.1, 0.15) is 41.3 Å². The van der Waals surface area contributed by atoms with E-state index in [0.29, 0.717) is 11.9 Å². The second-order valence-electron chi connectivity index (χ2n) is 6.12. The lowest BCUT2D eigenvalue weighted by Gasteiger charge is -2.07. The van der Waals surface area contributed by atoms with Crippen LogP contribution in [-0.2, 0) is 6.42 Å². The van der Waals surface area contributed by atoms with E-state index in [0.717, 1.165) is 23.1 Å². The molecule has 4 rings (SSSR count). The van der Waals surface area contributed by atoms with E-state index >= 15 is 0 Å². The molecule has 0 amide bonds. The number of nitrogens with zero attached hydrogens (tertiary/aromatic N) is 4. The molecular formula is C17H19N5. The van der Waals surface area contributed by atoms with Crippen molar-refractivity contribution >= 4 is 16.9 Å². The van der Waals surface area contributed by atoms with E-state index in [2.05, 4.69) is 42.0 Å². The van der Waals surface area contributed by atoms with Crippen LogP contribution in [0, 0.1) is 13.8 Å². The molecule has 5 nitrogen and oxygen atoms in total. The Kier molecular flexibility index (Phi) is 2.89. The van der Waals surface area contributed by atoms with Crippen molar-refractivity contribution < 1.29 is 0 Å². The largest absolute Gasteiger partial charge is 0.383 e. The molecule has 1 fully saturated rings. The predicted octanol–water partition coefficient (Wildman–Crippen LogP) is 2.95. The maximum absolute atomic E-state index is 6.11. The van der Waals surface area contributed by atoms with Crippen LogP contribution in [0.5, 0.6) is 0 Å². The molecule has 0 aliphatic heterocycles. The van der Waals surface area contributed by atoms with Crippen molar-refractivity contribution in [2.75, 3.05) is 5.73 Å². The number of rotatable bonds is 3. The van der Waals surface area contributed by atoms with Gasteiger partial charge >= 0.3 is 0 Å². The number of nitrogen functional groups attached to an aromatic ring is 1. The molecule has 1 aliphatic carbocycles. The Morgan fingerprint density at radius 1 is 1.23 bits per heavy atom. The molecule has 22 heavy (non-hydrogen) atoms.